The summed E-state index contributed by atoms with van der Waals surface area (Å²) in [4.78, 5) is 11.7. The van der Waals surface area contributed by atoms with Gasteiger partial charge in [0, 0.05) is 12.5 Å². The maximum Gasteiger partial charge on any atom is 0.167 e. The summed E-state index contributed by atoms with van der Waals surface area (Å²) in [5, 5.41) is 0. The molecule has 1 fully saturated rings. The first-order valence-electron chi connectivity index (χ1n) is 6.11. The molecule has 1 aliphatic rings. The molecular weight excluding hydrogens is 232 g/mol. The van der Waals surface area contributed by atoms with Crippen LogP contribution in [0.4, 0.5) is 0 Å². The van der Waals surface area contributed by atoms with Crippen molar-refractivity contribution in [2.24, 2.45) is 5.92 Å². The Morgan fingerprint density at radius 2 is 2.22 bits per heavy atom. The molecule has 1 atom stereocenters. The van der Waals surface area contributed by atoms with E-state index < -0.39 is 0 Å². The summed E-state index contributed by atoms with van der Waals surface area (Å²) in [7, 11) is 1.55. The van der Waals surface area contributed by atoms with E-state index in [-0.39, 0.29) is 5.78 Å². The number of Topliss-reactive ketones (excluding diaryl/α,β-unsaturated/α-hetero) is 1. The van der Waals surface area contributed by atoms with E-state index in [1.54, 1.807) is 19.2 Å². The Kier molecular flexibility index (Phi) is 4.20. The Hall–Kier alpha value is -1.55. The highest BCUT2D eigenvalue weighted by Gasteiger charge is 2.19. The van der Waals surface area contributed by atoms with E-state index in [0.717, 1.165) is 19.6 Å². The number of ether oxygens (including phenoxy) is 3. The van der Waals surface area contributed by atoms with Crippen molar-refractivity contribution in [3.8, 4) is 11.5 Å². The molecule has 0 aliphatic carbocycles. The Bertz CT molecular complexity index is 422. The minimum absolute atomic E-state index is 0.0508. The highest BCUT2D eigenvalue weighted by Crippen LogP contribution is 2.29. The van der Waals surface area contributed by atoms with Crippen molar-refractivity contribution in [2.75, 3.05) is 26.9 Å². The Labute approximate surface area is 107 Å². The van der Waals surface area contributed by atoms with Gasteiger partial charge in [0.05, 0.1) is 20.3 Å². The van der Waals surface area contributed by atoms with Crippen LogP contribution >= 0.6 is 0 Å². The molecule has 0 saturated carbocycles. The van der Waals surface area contributed by atoms with E-state index in [4.69, 9.17) is 14.2 Å². The van der Waals surface area contributed by atoms with E-state index in [2.05, 4.69) is 0 Å². The Morgan fingerprint density at radius 1 is 1.44 bits per heavy atom. The van der Waals surface area contributed by atoms with Crippen LogP contribution in [0.25, 0.3) is 0 Å². The number of methoxy groups -OCH3 is 1. The lowest BCUT2D eigenvalue weighted by Gasteiger charge is -2.14. The summed E-state index contributed by atoms with van der Waals surface area (Å²) in [5.74, 6) is 1.51. The standard InChI is InChI=1S/C14H18O4/c1-10(15)14-12(16-2)4-3-5-13(14)18-9-11-6-7-17-8-11/h3-5,11H,6-9H2,1-2H3. The first kappa shape index (κ1) is 12.9. The Morgan fingerprint density at radius 3 is 2.83 bits per heavy atom. The minimum atomic E-state index is -0.0508. The molecular formula is C14H18O4. The highest BCUT2D eigenvalue weighted by atomic mass is 16.5. The summed E-state index contributed by atoms with van der Waals surface area (Å²) >= 11 is 0. The third kappa shape index (κ3) is 2.82. The van der Waals surface area contributed by atoms with E-state index in [1.807, 2.05) is 6.07 Å². The summed E-state index contributed by atoms with van der Waals surface area (Å²) in [6, 6.07) is 5.39. The van der Waals surface area contributed by atoms with Crippen molar-refractivity contribution in [2.45, 2.75) is 13.3 Å². The molecule has 0 amide bonds. The van der Waals surface area contributed by atoms with Crippen molar-refractivity contribution < 1.29 is 19.0 Å². The first-order chi connectivity index (χ1) is 8.72. The second-order valence-electron chi connectivity index (χ2n) is 4.43. The van der Waals surface area contributed by atoms with Gasteiger partial charge in [-0.25, -0.2) is 0 Å². The van der Waals surface area contributed by atoms with Gasteiger partial charge in [0.1, 0.15) is 17.1 Å². The number of carbonyl (C=O) groups excluding carboxylic acids is 1. The summed E-state index contributed by atoms with van der Waals surface area (Å²) in [5.41, 5.74) is 0.513. The first-order valence-corrected chi connectivity index (χ1v) is 6.11. The predicted octanol–water partition coefficient (Wildman–Crippen LogP) is 2.31. The number of hydrogen-bond donors (Lipinski definition) is 0. The van der Waals surface area contributed by atoms with Gasteiger partial charge in [-0.2, -0.15) is 0 Å². The van der Waals surface area contributed by atoms with Gasteiger partial charge >= 0.3 is 0 Å². The van der Waals surface area contributed by atoms with Crippen LogP contribution in [0, 0.1) is 5.92 Å². The van der Waals surface area contributed by atoms with Crippen molar-refractivity contribution in [1.29, 1.82) is 0 Å². The van der Waals surface area contributed by atoms with Gasteiger partial charge in [0.2, 0.25) is 0 Å². The maximum atomic E-state index is 11.7. The van der Waals surface area contributed by atoms with Crippen LogP contribution in [0.15, 0.2) is 18.2 Å². The molecule has 0 aromatic heterocycles. The normalized spacial score (nSPS) is 18.7. The van der Waals surface area contributed by atoms with Crippen LogP contribution in [0.2, 0.25) is 0 Å². The number of ketones is 1. The second-order valence-corrected chi connectivity index (χ2v) is 4.43. The molecule has 1 aliphatic heterocycles. The number of carbonyl (C=O) groups is 1. The van der Waals surface area contributed by atoms with E-state index in [1.165, 1.54) is 6.92 Å². The quantitative estimate of drug-likeness (QED) is 0.752. The largest absolute Gasteiger partial charge is 0.496 e. The summed E-state index contributed by atoms with van der Waals surface area (Å²) in [6.45, 7) is 3.63. The van der Waals surface area contributed by atoms with Crippen LogP contribution in [0.5, 0.6) is 11.5 Å². The minimum Gasteiger partial charge on any atom is -0.496 e. The summed E-state index contributed by atoms with van der Waals surface area (Å²) in [6.07, 6.45) is 1.01. The molecule has 0 N–H and O–H groups in total. The van der Waals surface area contributed by atoms with Crippen LogP contribution in [-0.4, -0.2) is 32.7 Å². The lowest BCUT2D eigenvalue weighted by atomic mass is 10.1. The monoisotopic (exact) mass is 250 g/mol. The van der Waals surface area contributed by atoms with E-state index >= 15 is 0 Å². The zero-order valence-corrected chi connectivity index (χ0v) is 10.8. The predicted molar refractivity (Wildman–Crippen MR) is 67.4 cm³/mol. The molecule has 1 aromatic rings. The highest BCUT2D eigenvalue weighted by molar-refractivity contribution is 5.99. The second kappa shape index (κ2) is 5.87. The van der Waals surface area contributed by atoms with Gasteiger partial charge in [-0.1, -0.05) is 6.07 Å². The maximum absolute atomic E-state index is 11.7. The molecule has 18 heavy (non-hydrogen) atoms. The lowest BCUT2D eigenvalue weighted by Crippen LogP contribution is -2.13. The molecule has 0 bridgehead atoms. The molecule has 0 spiro atoms. The average Bonchev–Trinajstić information content (AvgIpc) is 2.88. The van der Waals surface area contributed by atoms with E-state index in [9.17, 15) is 4.79 Å². The molecule has 4 heteroatoms. The zero-order valence-electron chi connectivity index (χ0n) is 10.8. The zero-order chi connectivity index (χ0) is 13.0. The van der Waals surface area contributed by atoms with Crippen molar-refractivity contribution in [3.05, 3.63) is 23.8 Å². The van der Waals surface area contributed by atoms with Crippen molar-refractivity contribution in [3.63, 3.8) is 0 Å². The van der Waals surface area contributed by atoms with Gasteiger partial charge in [-0.15, -0.1) is 0 Å². The molecule has 2 rings (SSSR count). The average molecular weight is 250 g/mol. The number of rotatable bonds is 5. The molecule has 1 aromatic carbocycles. The molecule has 1 heterocycles. The third-order valence-electron chi connectivity index (χ3n) is 3.06. The fraction of sp³-hybridized carbons (Fsp3) is 0.500. The SMILES string of the molecule is COc1cccc(OCC2CCOC2)c1C(C)=O. The van der Waals surface area contributed by atoms with Crippen molar-refractivity contribution in [1.82, 2.24) is 0 Å². The molecule has 1 saturated heterocycles. The van der Waals surface area contributed by atoms with Gasteiger partial charge in [-0.05, 0) is 25.5 Å². The molecule has 1 unspecified atom stereocenters. The molecule has 0 radical (unpaired) electrons. The number of hydrogen-bond acceptors (Lipinski definition) is 4. The number of benzene rings is 1. The molecule has 98 valence electrons. The van der Waals surface area contributed by atoms with Crippen LogP contribution in [0.3, 0.4) is 0 Å². The van der Waals surface area contributed by atoms with Gasteiger partial charge < -0.3 is 14.2 Å². The topological polar surface area (TPSA) is 44.8 Å². The van der Waals surface area contributed by atoms with Gasteiger partial charge in [0.15, 0.2) is 5.78 Å². The van der Waals surface area contributed by atoms with Crippen LogP contribution in [0.1, 0.15) is 23.7 Å². The van der Waals surface area contributed by atoms with Crippen LogP contribution < -0.4 is 9.47 Å². The molecule has 4 nitrogen and oxygen atoms in total. The summed E-state index contributed by atoms with van der Waals surface area (Å²) < 4.78 is 16.2. The third-order valence-corrected chi connectivity index (χ3v) is 3.06. The smallest absolute Gasteiger partial charge is 0.167 e. The lowest BCUT2D eigenvalue weighted by molar-refractivity contribution is 0.100. The fourth-order valence-electron chi connectivity index (χ4n) is 2.07. The van der Waals surface area contributed by atoms with Gasteiger partial charge in [-0.3, -0.25) is 4.79 Å². The van der Waals surface area contributed by atoms with E-state index in [0.29, 0.717) is 29.6 Å². The van der Waals surface area contributed by atoms with Crippen LogP contribution in [-0.2, 0) is 4.74 Å². The van der Waals surface area contributed by atoms with Crippen molar-refractivity contribution >= 4 is 5.78 Å². The Balaban J connectivity index is 2.13. The fourth-order valence-corrected chi connectivity index (χ4v) is 2.07. The van der Waals surface area contributed by atoms with Gasteiger partial charge in [0.25, 0.3) is 0 Å².